The van der Waals surface area contributed by atoms with Crippen molar-refractivity contribution in [1.29, 1.82) is 0 Å². The van der Waals surface area contributed by atoms with Gasteiger partial charge in [-0.1, -0.05) is 11.3 Å². The lowest BCUT2D eigenvalue weighted by Gasteiger charge is -2.08. The van der Waals surface area contributed by atoms with Crippen LogP contribution in [0.4, 0.5) is 0 Å². The molecule has 1 N–H and O–H groups in total. The minimum absolute atomic E-state index is 0.118. The van der Waals surface area contributed by atoms with E-state index in [1.807, 2.05) is 5.38 Å². The van der Waals surface area contributed by atoms with Crippen LogP contribution in [-0.2, 0) is 4.79 Å². The second kappa shape index (κ2) is 3.74. The van der Waals surface area contributed by atoms with E-state index in [0.717, 1.165) is 6.42 Å². The predicted molar refractivity (Wildman–Crippen MR) is 48.8 cm³/mol. The number of amides is 1. The molecule has 1 atom stereocenters. The normalized spacial score (nSPS) is 21.5. The van der Waals surface area contributed by atoms with Crippen LogP contribution in [0.5, 0.6) is 5.19 Å². The maximum atomic E-state index is 10.8. The summed E-state index contributed by atoms with van der Waals surface area (Å²) in [5.74, 6) is 0.118. The number of carbonyl (C=O) groups is 1. The molecule has 2 rings (SSSR count). The number of ether oxygens (including phenoxy) is 1. The molecule has 0 saturated carbocycles. The summed E-state index contributed by atoms with van der Waals surface area (Å²) >= 11 is 1.46. The van der Waals surface area contributed by atoms with Crippen molar-refractivity contribution in [2.24, 2.45) is 0 Å². The molecule has 13 heavy (non-hydrogen) atoms. The van der Waals surface area contributed by atoms with Crippen LogP contribution >= 0.6 is 11.3 Å². The van der Waals surface area contributed by atoms with E-state index in [1.165, 1.54) is 11.3 Å². The molecule has 0 spiro atoms. The standard InChI is InChI=1S/C8H10N2O2S/c11-7-2-1-6(10-7)5-12-8-9-3-4-13-8/h3-4,6H,1-2,5H2,(H,10,11). The third-order valence-corrected chi connectivity index (χ3v) is 2.59. The van der Waals surface area contributed by atoms with Gasteiger partial charge in [-0.15, -0.1) is 0 Å². The van der Waals surface area contributed by atoms with Gasteiger partial charge >= 0.3 is 0 Å². The number of rotatable bonds is 3. The Hall–Kier alpha value is -1.10. The Balaban J connectivity index is 1.77. The molecule has 4 nitrogen and oxygen atoms in total. The van der Waals surface area contributed by atoms with Crippen LogP contribution in [0.2, 0.25) is 0 Å². The maximum Gasteiger partial charge on any atom is 0.273 e. The van der Waals surface area contributed by atoms with Crippen molar-refractivity contribution in [3.05, 3.63) is 11.6 Å². The Morgan fingerprint density at radius 1 is 1.77 bits per heavy atom. The molecule has 1 unspecified atom stereocenters. The molecule has 0 aromatic carbocycles. The summed E-state index contributed by atoms with van der Waals surface area (Å²) in [4.78, 5) is 14.8. The fourth-order valence-corrected chi connectivity index (χ4v) is 1.75. The van der Waals surface area contributed by atoms with Gasteiger partial charge in [-0.2, -0.15) is 0 Å². The molecule has 1 fully saturated rings. The predicted octanol–water partition coefficient (Wildman–Crippen LogP) is 0.800. The Labute approximate surface area is 79.9 Å². The van der Waals surface area contributed by atoms with E-state index in [0.29, 0.717) is 18.2 Å². The monoisotopic (exact) mass is 198 g/mol. The van der Waals surface area contributed by atoms with E-state index in [1.54, 1.807) is 6.20 Å². The molecule has 1 aromatic rings. The van der Waals surface area contributed by atoms with Crippen LogP contribution in [-0.4, -0.2) is 23.5 Å². The third kappa shape index (κ3) is 2.18. The zero-order valence-electron chi connectivity index (χ0n) is 7.03. The van der Waals surface area contributed by atoms with Gasteiger partial charge in [0.15, 0.2) is 0 Å². The number of carbonyl (C=O) groups excluding carboxylic acids is 1. The highest BCUT2D eigenvalue weighted by molar-refractivity contribution is 7.11. The first-order valence-corrected chi connectivity index (χ1v) is 5.04. The van der Waals surface area contributed by atoms with Crippen molar-refractivity contribution in [2.75, 3.05) is 6.61 Å². The van der Waals surface area contributed by atoms with Crippen molar-refractivity contribution >= 4 is 17.2 Å². The second-order valence-electron chi connectivity index (χ2n) is 2.91. The van der Waals surface area contributed by atoms with Gasteiger partial charge in [0.1, 0.15) is 6.61 Å². The minimum atomic E-state index is 0.118. The van der Waals surface area contributed by atoms with E-state index in [4.69, 9.17) is 4.74 Å². The molecule has 1 amide bonds. The Morgan fingerprint density at radius 3 is 3.31 bits per heavy atom. The van der Waals surface area contributed by atoms with Gasteiger partial charge in [-0.25, -0.2) is 4.98 Å². The van der Waals surface area contributed by atoms with E-state index in [-0.39, 0.29) is 11.9 Å². The van der Waals surface area contributed by atoms with Crippen molar-refractivity contribution in [1.82, 2.24) is 10.3 Å². The number of nitrogens with one attached hydrogen (secondary N) is 1. The summed E-state index contributed by atoms with van der Waals surface area (Å²) < 4.78 is 5.37. The van der Waals surface area contributed by atoms with E-state index in [2.05, 4.69) is 10.3 Å². The van der Waals surface area contributed by atoms with Gasteiger partial charge < -0.3 is 10.1 Å². The molecule has 1 saturated heterocycles. The molecule has 5 heteroatoms. The highest BCUT2D eigenvalue weighted by atomic mass is 32.1. The lowest BCUT2D eigenvalue weighted by Crippen LogP contribution is -2.30. The maximum absolute atomic E-state index is 10.8. The fourth-order valence-electron chi connectivity index (χ4n) is 1.26. The Bertz CT molecular complexity index is 286. The third-order valence-electron chi connectivity index (χ3n) is 1.90. The van der Waals surface area contributed by atoms with Crippen LogP contribution in [0.25, 0.3) is 0 Å². The lowest BCUT2D eigenvalue weighted by atomic mass is 10.2. The van der Waals surface area contributed by atoms with Gasteiger partial charge in [0.05, 0.1) is 6.04 Å². The van der Waals surface area contributed by atoms with Crippen molar-refractivity contribution in [2.45, 2.75) is 18.9 Å². The van der Waals surface area contributed by atoms with Crippen LogP contribution in [0.1, 0.15) is 12.8 Å². The summed E-state index contributed by atoms with van der Waals surface area (Å²) in [6, 6.07) is 0.163. The Morgan fingerprint density at radius 2 is 2.69 bits per heavy atom. The topological polar surface area (TPSA) is 51.2 Å². The van der Waals surface area contributed by atoms with Crippen molar-refractivity contribution in [3.8, 4) is 5.19 Å². The van der Waals surface area contributed by atoms with E-state index >= 15 is 0 Å². The molecular weight excluding hydrogens is 188 g/mol. The molecule has 1 aliphatic heterocycles. The van der Waals surface area contributed by atoms with Gasteiger partial charge in [0.25, 0.3) is 5.19 Å². The zero-order valence-corrected chi connectivity index (χ0v) is 7.84. The summed E-state index contributed by atoms with van der Waals surface area (Å²) in [6.45, 7) is 0.527. The fraction of sp³-hybridized carbons (Fsp3) is 0.500. The number of nitrogens with zero attached hydrogens (tertiary/aromatic N) is 1. The highest BCUT2D eigenvalue weighted by Crippen LogP contribution is 2.15. The smallest absolute Gasteiger partial charge is 0.273 e. The molecule has 0 aliphatic carbocycles. The number of aromatic nitrogens is 1. The van der Waals surface area contributed by atoms with Gasteiger partial charge in [-0.3, -0.25) is 4.79 Å². The molecule has 1 aliphatic rings. The van der Waals surface area contributed by atoms with E-state index < -0.39 is 0 Å². The first-order valence-electron chi connectivity index (χ1n) is 4.16. The molecular formula is C8H10N2O2S. The van der Waals surface area contributed by atoms with Gasteiger partial charge in [0, 0.05) is 18.0 Å². The summed E-state index contributed by atoms with van der Waals surface area (Å²) in [5, 5.41) is 5.36. The van der Waals surface area contributed by atoms with E-state index in [9.17, 15) is 4.79 Å². The first-order chi connectivity index (χ1) is 6.34. The average Bonchev–Trinajstić information content (AvgIpc) is 2.71. The quantitative estimate of drug-likeness (QED) is 0.781. The van der Waals surface area contributed by atoms with Crippen LogP contribution in [0, 0.1) is 0 Å². The molecule has 1 aromatic heterocycles. The molecule has 70 valence electrons. The van der Waals surface area contributed by atoms with Crippen molar-refractivity contribution in [3.63, 3.8) is 0 Å². The van der Waals surface area contributed by atoms with Crippen LogP contribution < -0.4 is 10.1 Å². The van der Waals surface area contributed by atoms with Crippen LogP contribution in [0.15, 0.2) is 11.6 Å². The Kier molecular flexibility index (Phi) is 2.44. The highest BCUT2D eigenvalue weighted by Gasteiger charge is 2.21. The zero-order chi connectivity index (χ0) is 9.10. The summed E-state index contributed by atoms with van der Waals surface area (Å²) in [5.41, 5.74) is 0. The molecule has 0 bridgehead atoms. The first kappa shape index (κ1) is 8.50. The van der Waals surface area contributed by atoms with Crippen LogP contribution in [0.3, 0.4) is 0 Å². The molecule has 0 radical (unpaired) electrons. The largest absolute Gasteiger partial charge is 0.468 e. The van der Waals surface area contributed by atoms with Crippen molar-refractivity contribution < 1.29 is 9.53 Å². The lowest BCUT2D eigenvalue weighted by molar-refractivity contribution is -0.119. The molecule has 2 heterocycles. The summed E-state index contributed by atoms with van der Waals surface area (Å²) in [6.07, 6.45) is 3.18. The number of thiazole rings is 1. The number of hydrogen-bond acceptors (Lipinski definition) is 4. The summed E-state index contributed by atoms with van der Waals surface area (Å²) in [7, 11) is 0. The SMILES string of the molecule is O=C1CCC(COc2nccs2)N1. The second-order valence-corrected chi connectivity index (χ2v) is 3.77. The average molecular weight is 198 g/mol. The minimum Gasteiger partial charge on any atom is -0.468 e. The van der Waals surface area contributed by atoms with Gasteiger partial charge in [0.2, 0.25) is 5.91 Å². The number of hydrogen-bond donors (Lipinski definition) is 1. The van der Waals surface area contributed by atoms with Gasteiger partial charge in [-0.05, 0) is 6.42 Å².